The molecule has 13 amide bonds. The van der Waals surface area contributed by atoms with Crippen LogP contribution in [0.2, 0.25) is 0 Å². The molecular weight excluding hydrogens is 1540 g/mol. The standard InChI is InChI=1S/C82H127N13O21S/c1-13-56(6)72(64(108-11)51-69(100)94-37-21-25-63(94)73(109-12)57(7)74(101)89-62(77-84-35-49-117-77)50-58-22-16-14-17-23-58)93(10)78(104)71(55(4)5)91-79(105)82(8,9)92-66(97)33-38-110-39-40-111-41-42-112-43-44-113-45-46-114-47-48-115-53-86-81(107)116-52-59-27-29-60(30-28-59)87-75(102)61(24-20-34-85-80(83)106)88-76(103)70(54(2)3)90-65(96)26-18-15-19-36-95-67(98)31-32-68(95)99/h14,16-17,22-23,27-32,35,49,54-57,61-64,70-73H,13,15,18-21,24-26,33-34,36-48,50-53H2,1-12H3,(H,86,107)(H,87,102)(H,88,103)(H,89,101)(H,90,96)(H,91,105)(H,92,97)(H3,83,85,106)/t56-,57+,61-,62?,63-,64?,70-,71-,72-,73+/m0/s1. The van der Waals surface area contributed by atoms with Crippen molar-refractivity contribution in [2.75, 3.05) is 126 Å². The number of likely N-dealkylation sites (tertiary alicyclic amines) is 1. The number of ether oxygens (including phenoxy) is 9. The summed E-state index contributed by atoms with van der Waals surface area (Å²) in [6.45, 7) is 19.5. The van der Waals surface area contributed by atoms with Gasteiger partial charge in [-0.1, -0.05) is 104 Å². The van der Waals surface area contributed by atoms with Crippen LogP contribution in [-0.4, -0.2) is 259 Å². The van der Waals surface area contributed by atoms with Crippen molar-refractivity contribution in [3.05, 3.63) is 94.5 Å². The third-order valence-corrected chi connectivity index (χ3v) is 21.0. The van der Waals surface area contributed by atoms with Crippen LogP contribution in [0.5, 0.6) is 0 Å². The number of aromatic nitrogens is 1. The third kappa shape index (κ3) is 35.2. The van der Waals surface area contributed by atoms with Crippen molar-refractivity contribution in [1.82, 2.24) is 56.9 Å². The Hall–Kier alpha value is -9.07. The van der Waals surface area contributed by atoms with Crippen LogP contribution in [0.3, 0.4) is 0 Å². The molecular formula is C82H127N13O21S. The van der Waals surface area contributed by atoms with Crippen molar-refractivity contribution in [3.63, 3.8) is 0 Å². The van der Waals surface area contributed by atoms with E-state index in [9.17, 15) is 57.5 Å². The fourth-order valence-corrected chi connectivity index (χ4v) is 14.1. The topological polar surface area (TPSA) is 433 Å². The van der Waals surface area contributed by atoms with Gasteiger partial charge in [-0.05, 0) is 99.8 Å². The van der Waals surface area contributed by atoms with Gasteiger partial charge in [0.05, 0.1) is 115 Å². The number of methoxy groups -OCH3 is 2. The van der Waals surface area contributed by atoms with Crippen LogP contribution in [0.15, 0.2) is 78.3 Å². The summed E-state index contributed by atoms with van der Waals surface area (Å²) in [7, 11) is 4.75. The number of hydrogen-bond donors (Lipinski definition) is 9. The fraction of sp³-hybridized carbons (Fsp3) is 0.646. The Bertz CT molecular complexity index is 3580. The highest BCUT2D eigenvalue weighted by molar-refractivity contribution is 7.09. The average Bonchev–Trinajstić information content (AvgIpc) is 1.75. The number of thiazole rings is 1. The number of alkyl carbamates (subject to hydrolysis) is 1. The first-order chi connectivity index (χ1) is 56.0. The van der Waals surface area contributed by atoms with E-state index in [1.807, 2.05) is 70.3 Å². The lowest BCUT2D eigenvalue weighted by molar-refractivity contribution is -0.148. The van der Waals surface area contributed by atoms with E-state index in [1.54, 1.807) is 82.1 Å². The number of primary amides is 1. The second-order valence-electron chi connectivity index (χ2n) is 30.1. The third-order valence-electron chi connectivity index (χ3n) is 20.1. The molecule has 1 fully saturated rings. The molecule has 2 aliphatic rings. The van der Waals surface area contributed by atoms with Crippen LogP contribution < -0.4 is 48.3 Å². The molecule has 34 nitrogen and oxygen atoms in total. The number of rotatable bonds is 58. The normalized spacial score (nSPS) is 15.8. The summed E-state index contributed by atoms with van der Waals surface area (Å²) >= 11 is 1.48. The molecule has 5 rings (SSSR count). The zero-order valence-electron chi connectivity index (χ0n) is 70.1. The number of nitrogens with zero attached hydrogens (tertiary/aromatic N) is 4. The number of unbranched alkanes of at least 4 members (excludes halogenated alkanes) is 2. The molecule has 117 heavy (non-hydrogen) atoms. The van der Waals surface area contributed by atoms with Gasteiger partial charge in [0, 0.05) is 83.2 Å². The van der Waals surface area contributed by atoms with Crippen molar-refractivity contribution in [3.8, 4) is 0 Å². The molecule has 0 radical (unpaired) electrons. The summed E-state index contributed by atoms with van der Waals surface area (Å²) < 4.78 is 50.7. The number of urea groups is 1. The SMILES string of the molecule is CC[C@H](C)[C@@H](C(CC(=O)N1CCC[C@H]1[C@H](OC)[C@@H](C)C(=O)NC(Cc1ccccc1)c1nccs1)OC)N(C)C(=O)[C@@H](NC(=O)C(C)(C)NC(=O)CCOCCOCCOCCOCCOCCOCNC(=O)OCc1ccc(NC(=O)[C@H](CCCNC(N)=O)NC(=O)[C@@H](NC(=O)CCCCCN2C(=O)C=CC2=O)C(C)C)cc1)C(C)C. The second kappa shape index (κ2) is 53.4. The molecule has 0 aliphatic carbocycles. The fourth-order valence-electron chi connectivity index (χ4n) is 13.4. The Morgan fingerprint density at radius 2 is 1.28 bits per heavy atom. The molecule has 2 aromatic carbocycles. The van der Waals surface area contributed by atoms with Gasteiger partial charge >= 0.3 is 12.1 Å². The maximum Gasteiger partial charge on any atom is 0.409 e. The lowest BCUT2D eigenvalue weighted by atomic mass is 9.89. The molecule has 0 bridgehead atoms. The van der Waals surface area contributed by atoms with E-state index in [0.717, 1.165) is 15.5 Å². The minimum absolute atomic E-state index is 0.0379. The molecule has 10 N–H and O–H groups in total. The summed E-state index contributed by atoms with van der Waals surface area (Å²) in [5.41, 5.74) is 5.84. The first kappa shape index (κ1) is 98.5. The minimum atomic E-state index is -1.41. The van der Waals surface area contributed by atoms with E-state index in [1.165, 1.54) is 30.6 Å². The molecule has 1 aromatic heterocycles. The Kier molecular flexibility index (Phi) is 44.9. The van der Waals surface area contributed by atoms with E-state index in [0.29, 0.717) is 102 Å². The molecule has 1 saturated heterocycles. The first-order valence-corrected chi connectivity index (χ1v) is 41.3. The predicted molar refractivity (Wildman–Crippen MR) is 436 cm³/mol. The van der Waals surface area contributed by atoms with E-state index in [4.69, 9.17) is 48.4 Å². The van der Waals surface area contributed by atoms with Gasteiger partial charge < -0.3 is 95.4 Å². The van der Waals surface area contributed by atoms with E-state index in [2.05, 4.69) is 47.5 Å². The highest BCUT2D eigenvalue weighted by Gasteiger charge is 2.44. The molecule has 3 heterocycles. The highest BCUT2D eigenvalue weighted by Crippen LogP contribution is 2.31. The summed E-state index contributed by atoms with van der Waals surface area (Å²) in [5.74, 6) is -5.48. The zero-order valence-corrected chi connectivity index (χ0v) is 70.9. The quantitative estimate of drug-likeness (QED) is 0.0195. The zero-order chi connectivity index (χ0) is 85.8. The summed E-state index contributed by atoms with van der Waals surface area (Å²) in [6.07, 6.45) is 6.60. The van der Waals surface area contributed by atoms with Crippen LogP contribution in [0.25, 0.3) is 0 Å². The number of carbonyl (C=O) groups excluding carboxylic acids is 12. The number of benzene rings is 2. The number of carbonyl (C=O) groups is 12. The Balaban J connectivity index is 0.887. The molecule has 0 saturated carbocycles. The Morgan fingerprint density at radius 1 is 0.667 bits per heavy atom. The monoisotopic (exact) mass is 1660 g/mol. The molecule has 2 unspecified atom stereocenters. The molecule has 652 valence electrons. The Morgan fingerprint density at radius 3 is 1.85 bits per heavy atom. The number of imide groups is 1. The molecule has 0 spiro atoms. The first-order valence-electron chi connectivity index (χ1n) is 40.4. The number of amides is 13. The summed E-state index contributed by atoms with van der Waals surface area (Å²) in [4.78, 5) is 167. The van der Waals surface area contributed by atoms with Crippen molar-refractivity contribution in [1.29, 1.82) is 0 Å². The summed E-state index contributed by atoms with van der Waals surface area (Å²) in [6, 6.07) is 11.3. The maximum absolute atomic E-state index is 14.6. The maximum atomic E-state index is 14.6. The summed E-state index contributed by atoms with van der Waals surface area (Å²) in [5, 5.41) is 24.8. The second-order valence-corrected chi connectivity index (χ2v) is 31.1. The minimum Gasteiger partial charge on any atom is -0.445 e. The molecule has 2 aliphatic heterocycles. The van der Waals surface area contributed by atoms with Gasteiger partial charge in [0.25, 0.3) is 11.8 Å². The van der Waals surface area contributed by atoms with Crippen LogP contribution in [0.4, 0.5) is 15.3 Å². The van der Waals surface area contributed by atoms with Gasteiger partial charge in [-0.2, -0.15) is 0 Å². The van der Waals surface area contributed by atoms with Gasteiger partial charge in [-0.15, -0.1) is 11.3 Å². The van der Waals surface area contributed by atoms with Crippen molar-refractivity contribution in [2.24, 2.45) is 29.4 Å². The van der Waals surface area contributed by atoms with Gasteiger partial charge in [-0.3, -0.25) is 58.2 Å². The van der Waals surface area contributed by atoms with Crippen LogP contribution in [-0.2, 0) is 104 Å². The number of likely N-dealkylation sites (N-methyl/N-ethyl adjacent to an activating group) is 1. The largest absolute Gasteiger partial charge is 0.445 e. The molecule has 10 atom stereocenters. The van der Waals surface area contributed by atoms with Crippen molar-refractivity contribution < 1.29 is 100 Å². The highest BCUT2D eigenvalue weighted by atomic mass is 32.1. The van der Waals surface area contributed by atoms with Crippen molar-refractivity contribution >= 4 is 88.2 Å². The Labute approximate surface area is 691 Å². The smallest absolute Gasteiger partial charge is 0.409 e. The van der Waals surface area contributed by atoms with Crippen LogP contribution in [0, 0.1) is 23.7 Å². The predicted octanol–water partition coefficient (Wildman–Crippen LogP) is 5.37. The lowest BCUT2D eigenvalue weighted by Gasteiger charge is -2.41. The van der Waals surface area contributed by atoms with Gasteiger partial charge in [0.1, 0.15) is 42.0 Å². The van der Waals surface area contributed by atoms with E-state index < -0.39 is 89.6 Å². The van der Waals surface area contributed by atoms with Gasteiger partial charge in [-0.25, -0.2) is 14.6 Å². The number of hydrogen-bond acceptors (Lipinski definition) is 23. The van der Waals surface area contributed by atoms with Gasteiger partial charge in [0.2, 0.25) is 47.3 Å². The van der Waals surface area contributed by atoms with E-state index in [-0.39, 0.29) is 151 Å². The van der Waals surface area contributed by atoms with Gasteiger partial charge in [0.15, 0.2) is 0 Å². The number of anilines is 1. The number of nitrogens with one attached hydrogen (secondary N) is 8. The molecule has 3 aromatic rings. The average molecular weight is 1660 g/mol. The van der Waals surface area contributed by atoms with Crippen LogP contribution >= 0.6 is 11.3 Å². The molecule has 35 heteroatoms. The lowest BCUT2D eigenvalue weighted by Crippen LogP contribution is -2.62. The van der Waals surface area contributed by atoms with Crippen molar-refractivity contribution in [2.45, 2.75) is 200 Å². The van der Waals surface area contributed by atoms with Crippen LogP contribution in [0.1, 0.15) is 155 Å². The van der Waals surface area contributed by atoms with E-state index >= 15 is 0 Å². The number of nitrogens with two attached hydrogens (primary N) is 1.